The number of nitrogens with one attached hydrogen (secondary N) is 2. The zero-order valence-corrected chi connectivity index (χ0v) is 12.8. The summed E-state index contributed by atoms with van der Waals surface area (Å²) in [6.45, 7) is 2.44. The van der Waals surface area contributed by atoms with Crippen molar-refractivity contribution in [2.24, 2.45) is 5.92 Å². The maximum absolute atomic E-state index is 12.5. The highest BCUT2D eigenvalue weighted by Crippen LogP contribution is 2.24. The van der Waals surface area contributed by atoms with Crippen molar-refractivity contribution in [1.82, 2.24) is 14.6 Å². The average Bonchev–Trinajstić information content (AvgIpc) is 3.02. The first-order valence-electron chi connectivity index (χ1n) is 7.00. The third-order valence-electron chi connectivity index (χ3n) is 4.01. The first kappa shape index (κ1) is 14.4. The van der Waals surface area contributed by atoms with Crippen molar-refractivity contribution >= 4 is 26.6 Å². The number of H-pyrrole nitrogens is 1. The second kappa shape index (κ2) is 5.32. The molecule has 1 aliphatic heterocycles. The molecule has 114 valence electrons. The zero-order chi connectivity index (χ0) is 15.0. The van der Waals surface area contributed by atoms with E-state index in [2.05, 4.69) is 21.7 Å². The molecule has 1 aliphatic rings. The van der Waals surface area contributed by atoms with Gasteiger partial charge in [-0.3, -0.25) is 0 Å². The number of rotatable bonds is 4. The van der Waals surface area contributed by atoms with E-state index in [0.29, 0.717) is 23.5 Å². The molecule has 3 rings (SSSR count). The Hall–Kier alpha value is -1.57. The molecular weight excluding hydrogens is 288 g/mol. The quantitative estimate of drug-likeness (QED) is 0.734. The molecule has 0 saturated carbocycles. The number of benzene rings is 1. The Morgan fingerprint density at radius 3 is 3.00 bits per heavy atom. The topological polar surface area (TPSA) is 91.2 Å². The van der Waals surface area contributed by atoms with Crippen molar-refractivity contribution in [2.75, 3.05) is 32.4 Å². The molecular formula is C14H20N4O2S. The first-order valence-corrected chi connectivity index (χ1v) is 8.49. The van der Waals surface area contributed by atoms with Crippen LogP contribution in [-0.2, 0) is 10.0 Å². The van der Waals surface area contributed by atoms with Gasteiger partial charge in [0.05, 0.1) is 0 Å². The standard InChI is InChI=1S/C14H20N4O2S/c1-18-5-4-10(9-18)7-17-21(19,20)14-8-16-13-6-11(15)2-3-12(13)14/h2-3,6,8,10,16-17H,4-5,7,9,15H2,1H3. The monoisotopic (exact) mass is 308 g/mol. The summed E-state index contributed by atoms with van der Waals surface area (Å²) in [5, 5.41) is 0.667. The molecule has 7 heteroatoms. The maximum Gasteiger partial charge on any atom is 0.242 e. The number of nitrogens with two attached hydrogens (primary N) is 1. The van der Waals surface area contributed by atoms with E-state index in [9.17, 15) is 8.42 Å². The lowest BCUT2D eigenvalue weighted by molar-refractivity contribution is 0.394. The fourth-order valence-electron chi connectivity index (χ4n) is 2.84. The van der Waals surface area contributed by atoms with E-state index < -0.39 is 10.0 Å². The summed E-state index contributed by atoms with van der Waals surface area (Å²) in [6.07, 6.45) is 2.55. The molecule has 1 unspecified atom stereocenters. The van der Waals surface area contributed by atoms with Crippen LogP contribution < -0.4 is 10.5 Å². The molecule has 21 heavy (non-hydrogen) atoms. The second-order valence-electron chi connectivity index (χ2n) is 5.73. The van der Waals surface area contributed by atoms with Crippen LogP contribution >= 0.6 is 0 Å². The van der Waals surface area contributed by atoms with E-state index in [1.807, 2.05) is 0 Å². The summed E-state index contributed by atoms with van der Waals surface area (Å²) >= 11 is 0. The van der Waals surface area contributed by atoms with Gasteiger partial charge >= 0.3 is 0 Å². The summed E-state index contributed by atoms with van der Waals surface area (Å²) in [7, 11) is -1.45. The summed E-state index contributed by atoms with van der Waals surface area (Å²) in [5.41, 5.74) is 7.05. The number of hydrogen-bond donors (Lipinski definition) is 3. The number of likely N-dealkylation sites (tertiary alicyclic amines) is 1. The van der Waals surface area contributed by atoms with Gasteiger partial charge in [-0.15, -0.1) is 0 Å². The van der Waals surface area contributed by atoms with Crippen LogP contribution in [0.5, 0.6) is 0 Å². The largest absolute Gasteiger partial charge is 0.399 e. The lowest BCUT2D eigenvalue weighted by atomic mass is 10.1. The molecule has 2 aromatic rings. The van der Waals surface area contributed by atoms with Crippen molar-refractivity contribution in [1.29, 1.82) is 0 Å². The minimum Gasteiger partial charge on any atom is -0.399 e. The molecule has 1 aromatic heterocycles. The smallest absolute Gasteiger partial charge is 0.242 e. The fourth-order valence-corrected chi connectivity index (χ4v) is 4.13. The van der Waals surface area contributed by atoms with Crippen molar-refractivity contribution in [3.63, 3.8) is 0 Å². The Balaban J connectivity index is 1.80. The Kier molecular flexibility index (Phi) is 3.64. The second-order valence-corrected chi connectivity index (χ2v) is 7.46. The van der Waals surface area contributed by atoms with E-state index in [-0.39, 0.29) is 4.90 Å². The van der Waals surface area contributed by atoms with Gasteiger partial charge in [0.2, 0.25) is 10.0 Å². The third-order valence-corrected chi connectivity index (χ3v) is 5.47. The van der Waals surface area contributed by atoms with Crippen molar-refractivity contribution in [2.45, 2.75) is 11.3 Å². The molecule has 0 radical (unpaired) electrons. The predicted molar refractivity (Wildman–Crippen MR) is 83.5 cm³/mol. The maximum atomic E-state index is 12.5. The number of nitrogens with zero attached hydrogens (tertiary/aromatic N) is 1. The highest BCUT2D eigenvalue weighted by Gasteiger charge is 2.24. The van der Waals surface area contributed by atoms with Crippen LogP contribution in [0.15, 0.2) is 29.3 Å². The Morgan fingerprint density at radius 2 is 2.29 bits per heavy atom. The number of aromatic nitrogens is 1. The van der Waals surface area contributed by atoms with Gasteiger partial charge in [0.1, 0.15) is 4.90 Å². The van der Waals surface area contributed by atoms with Gasteiger partial charge in [0.25, 0.3) is 0 Å². The van der Waals surface area contributed by atoms with Crippen LogP contribution in [0.3, 0.4) is 0 Å². The summed E-state index contributed by atoms with van der Waals surface area (Å²) in [6, 6.07) is 5.18. The Bertz CT molecular complexity index is 753. The van der Waals surface area contributed by atoms with Gasteiger partial charge in [-0.1, -0.05) is 0 Å². The molecule has 4 N–H and O–H groups in total. The van der Waals surface area contributed by atoms with E-state index in [0.717, 1.165) is 25.0 Å². The van der Waals surface area contributed by atoms with E-state index in [4.69, 9.17) is 5.73 Å². The zero-order valence-electron chi connectivity index (χ0n) is 12.0. The Morgan fingerprint density at radius 1 is 1.48 bits per heavy atom. The third kappa shape index (κ3) is 2.90. The summed E-state index contributed by atoms with van der Waals surface area (Å²) in [5.74, 6) is 0.380. The molecule has 2 heterocycles. The van der Waals surface area contributed by atoms with E-state index in [1.54, 1.807) is 18.2 Å². The number of nitrogen functional groups attached to an aromatic ring is 1. The molecule has 1 saturated heterocycles. The van der Waals surface area contributed by atoms with Crippen LogP contribution in [0.2, 0.25) is 0 Å². The normalized spacial score (nSPS) is 20.3. The molecule has 0 amide bonds. The van der Waals surface area contributed by atoms with Gasteiger partial charge < -0.3 is 15.6 Å². The van der Waals surface area contributed by atoms with E-state index >= 15 is 0 Å². The number of hydrogen-bond acceptors (Lipinski definition) is 4. The van der Waals surface area contributed by atoms with Crippen LogP contribution in [-0.4, -0.2) is 45.0 Å². The van der Waals surface area contributed by atoms with Crippen LogP contribution in [0.1, 0.15) is 6.42 Å². The van der Waals surface area contributed by atoms with Crippen LogP contribution in [0.25, 0.3) is 10.9 Å². The van der Waals surface area contributed by atoms with Crippen molar-refractivity contribution in [3.05, 3.63) is 24.4 Å². The molecule has 0 bridgehead atoms. The lowest BCUT2D eigenvalue weighted by Gasteiger charge is -2.11. The van der Waals surface area contributed by atoms with Gasteiger partial charge in [-0.05, 0) is 44.1 Å². The number of anilines is 1. The average molecular weight is 308 g/mol. The number of aromatic amines is 1. The molecule has 6 nitrogen and oxygen atoms in total. The molecule has 1 fully saturated rings. The van der Waals surface area contributed by atoms with Crippen molar-refractivity contribution in [3.8, 4) is 0 Å². The predicted octanol–water partition coefficient (Wildman–Crippen LogP) is 0.980. The number of sulfonamides is 1. The molecule has 0 aliphatic carbocycles. The van der Waals surface area contributed by atoms with E-state index in [1.165, 1.54) is 6.20 Å². The SMILES string of the molecule is CN1CCC(CNS(=O)(=O)c2c[nH]c3cc(N)ccc23)C1. The number of fused-ring (bicyclic) bond motifs is 1. The Labute approximate surface area is 124 Å². The minimum atomic E-state index is -3.50. The molecule has 1 atom stereocenters. The van der Waals surface area contributed by atoms with Gasteiger partial charge in [-0.2, -0.15) is 0 Å². The summed E-state index contributed by atoms with van der Waals surface area (Å²) < 4.78 is 27.6. The van der Waals surface area contributed by atoms with Gasteiger partial charge in [0, 0.05) is 35.9 Å². The fraction of sp³-hybridized carbons (Fsp3) is 0.429. The van der Waals surface area contributed by atoms with Gasteiger partial charge in [0.15, 0.2) is 0 Å². The lowest BCUT2D eigenvalue weighted by Crippen LogP contribution is -2.30. The molecule has 0 spiro atoms. The highest BCUT2D eigenvalue weighted by atomic mass is 32.2. The minimum absolute atomic E-state index is 0.281. The van der Waals surface area contributed by atoms with Gasteiger partial charge in [-0.25, -0.2) is 13.1 Å². The van der Waals surface area contributed by atoms with Crippen LogP contribution in [0.4, 0.5) is 5.69 Å². The summed E-state index contributed by atoms with van der Waals surface area (Å²) in [4.78, 5) is 5.46. The van der Waals surface area contributed by atoms with Crippen molar-refractivity contribution < 1.29 is 8.42 Å². The highest BCUT2D eigenvalue weighted by molar-refractivity contribution is 7.89. The van der Waals surface area contributed by atoms with Crippen LogP contribution in [0, 0.1) is 5.92 Å². The first-order chi connectivity index (χ1) is 9.95. The molecule has 1 aromatic carbocycles.